The normalized spacial score (nSPS) is 19.0. The molecule has 2 N–H and O–H groups in total. The van der Waals surface area contributed by atoms with Crippen molar-refractivity contribution in [2.45, 2.75) is 44.5 Å². The molecule has 0 spiro atoms. The van der Waals surface area contributed by atoms with E-state index in [4.69, 9.17) is 4.74 Å². The van der Waals surface area contributed by atoms with Crippen LogP contribution in [-0.2, 0) is 10.9 Å². The molecule has 1 fully saturated rings. The van der Waals surface area contributed by atoms with E-state index < -0.39 is 17.5 Å². The monoisotopic (exact) mass is 418 g/mol. The number of aromatic nitrogens is 3. The molecular weight excluding hydrogens is 397 g/mol. The quantitative estimate of drug-likeness (QED) is 0.637. The minimum Gasteiger partial charge on any atom is -0.507 e. The van der Waals surface area contributed by atoms with Crippen molar-refractivity contribution in [3.63, 3.8) is 0 Å². The van der Waals surface area contributed by atoms with Crippen molar-refractivity contribution in [2.75, 3.05) is 11.9 Å². The topological polar surface area (TPSA) is 80.2 Å². The molecule has 30 heavy (non-hydrogen) atoms. The summed E-state index contributed by atoms with van der Waals surface area (Å²) in [6.07, 6.45) is 0.253. The number of aromatic hydroxyl groups is 1. The smallest absolute Gasteiger partial charge is 0.416 e. The zero-order chi connectivity index (χ0) is 21.5. The number of nitrogens with zero attached hydrogens (tertiary/aromatic N) is 3. The Bertz CT molecular complexity index is 1090. The van der Waals surface area contributed by atoms with Crippen molar-refractivity contribution in [3.05, 3.63) is 42.2 Å². The first-order chi connectivity index (χ1) is 14.1. The molecule has 0 saturated carbocycles. The molecule has 1 atom stereocenters. The van der Waals surface area contributed by atoms with Crippen molar-refractivity contribution < 1.29 is 23.0 Å². The van der Waals surface area contributed by atoms with Crippen molar-refractivity contribution in [1.29, 1.82) is 0 Å². The number of halogens is 3. The summed E-state index contributed by atoms with van der Waals surface area (Å²) in [5.74, 6) is 0.0278. The average Bonchev–Trinajstić information content (AvgIpc) is 2.67. The molecule has 4 rings (SSSR count). The van der Waals surface area contributed by atoms with Gasteiger partial charge in [-0.2, -0.15) is 13.2 Å². The second-order valence-corrected chi connectivity index (χ2v) is 7.99. The molecule has 0 radical (unpaired) electrons. The summed E-state index contributed by atoms with van der Waals surface area (Å²) < 4.78 is 44.5. The van der Waals surface area contributed by atoms with Gasteiger partial charge < -0.3 is 15.2 Å². The highest BCUT2D eigenvalue weighted by molar-refractivity contribution is 6.00. The van der Waals surface area contributed by atoms with Gasteiger partial charge in [0.25, 0.3) is 0 Å². The molecule has 1 aromatic carbocycles. The van der Waals surface area contributed by atoms with Gasteiger partial charge >= 0.3 is 6.18 Å². The number of alkyl halides is 3. The van der Waals surface area contributed by atoms with Crippen molar-refractivity contribution in [3.8, 4) is 17.0 Å². The number of hydrogen-bond acceptors (Lipinski definition) is 6. The number of rotatable bonds is 3. The minimum atomic E-state index is -4.54. The van der Waals surface area contributed by atoms with Crippen LogP contribution in [0.3, 0.4) is 0 Å². The summed E-state index contributed by atoms with van der Waals surface area (Å²) in [6.45, 7) is 4.69. The zero-order valence-corrected chi connectivity index (χ0v) is 16.5. The number of hydrogen-bond donors (Lipinski definition) is 2. The van der Waals surface area contributed by atoms with Gasteiger partial charge in [-0.1, -0.05) is 0 Å². The van der Waals surface area contributed by atoms with Gasteiger partial charge in [0, 0.05) is 41.4 Å². The number of nitrogens with one attached hydrogen (secondary N) is 1. The van der Waals surface area contributed by atoms with Crippen LogP contribution in [0.25, 0.3) is 22.0 Å². The minimum absolute atomic E-state index is 0.136. The van der Waals surface area contributed by atoms with E-state index in [1.54, 1.807) is 18.5 Å². The molecule has 6 nitrogen and oxygen atoms in total. The predicted octanol–water partition coefficient (Wildman–Crippen LogP) is 4.79. The van der Waals surface area contributed by atoms with Gasteiger partial charge in [0.1, 0.15) is 11.4 Å². The van der Waals surface area contributed by atoms with E-state index in [-0.39, 0.29) is 22.9 Å². The summed E-state index contributed by atoms with van der Waals surface area (Å²) in [6, 6.07) is 4.66. The fourth-order valence-electron chi connectivity index (χ4n) is 3.76. The van der Waals surface area contributed by atoms with Gasteiger partial charge in [-0.3, -0.25) is 4.98 Å². The highest BCUT2D eigenvalue weighted by atomic mass is 19.4. The second kappa shape index (κ2) is 7.39. The van der Waals surface area contributed by atoms with Gasteiger partial charge in [-0.15, -0.1) is 10.2 Å². The number of phenols is 1. The van der Waals surface area contributed by atoms with E-state index in [0.29, 0.717) is 29.3 Å². The number of phenolic OH excluding ortho intramolecular Hbond substituents is 1. The Hall–Kier alpha value is -2.94. The zero-order valence-electron chi connectivity index (χ0n) is 16.5. The van der Waals surface area contributed by atoms with E-state index in [2.05, 4.69) is 20.5 Å². The summed E-state index contributed by atoms with van der Waals surface area (Å²) in [5, 5.41) is 23.4. The summed E-state index contributed by atoms with van der Waals surface area (Å²) in [5.41, 5.74) is -0.714. The number of pyridine rings is 1. The first-order valence-corrected chi connectivity index (χ1v) is 9.55. The van der Waals surface area contributed by atoms with E-state index in [9.17, 15) is 18.3 Å². The van der Waals surface area contributed by atoms with Crippen LogP contribution in [0.15, 0.2) is 36.7 Å². The van der Waals surface area contributed by atoms with E-state index in [1.807, 2.05) is 13.8 Å². The van der Waals surface area contributed by atoms with Crippen LogP contribution in [0.5, 0.6) is 5.75 Å². The molecular formula is C21H21F3N4O2. The van der Waals surface area contributed by atoms with Gasteiger partial charge in [-0.25, -0.2) is 0 Å². The van der Waals surface area contributed by atoms with Gasteiger partial charge in [0.15, 0.2) is 5.82 Å². The van der Waals surface area contributed by atoms with E-state index in [1.165, 1.54) is 6.07 Å². The molecule has 1 saturated heterocycles. The fraction of sp³-hybridized carbons (Fsp3) is 0.381. The van der Waals surface area contributed by atoms with Crippen LogP contribution in [-0.4, -0.2) is 38.5 Å². The van der Waals surface area contributed by atoms with Gasteiger partial charge in [0.2, 0.25) is 0 Å². The van der Waals surface area contributed by atoms with Crippen LogP contribution >= 0.6 is 0 Å². The van der Waals surface area contributed by atoms with Crippen molar-refractivity contribution in [1.82, 2.24) is 15.2 Å². The molecule has 1 aliphatic rings. The molecule has 1 aliphatic heterocycles. The third-order valence-corrected chi connectivity index (χ3v) is 5.20. The molecule has 0 amide bonds. The van der Waals surface area contributed by atoms with Gasteiger partial charge in [0.05, 0.1) is 11.2 Å². The molecule has 9 heteroatoms. The third-order valence-electron chi connectivity index (χ3n) is 5.20. The molecule has 158 valence electrons. The lowest BCUT2D eigenvalue weighted by Crippen LogP contribution is -2.40. The summed E-state index contributed by atoms with van der Waals surface area (Å²) in [7, 11) is 0. The summed E-state index contributed by atoms with van der Waals surface area (Å²) >= 11 is 0. The van der Waals surface area contributed by atoms with Gasteiger partial charge in [-0.05, 0) is 51.0 Å². The lowest BCUT2D eigenvalue weighted by atomic mass is 9.94. The lowest BCUT2D eigenvalue weighted by Gasteiger charge is -2.36. The lowest BCUT2D eigenvalue weighted by molar-refractivity contribution is -0.137. The molecule has 0 bridgehead atoms. The summed E-state index contributed by atoms with van der Waals surface area (Å²) in [4.78, 5) is 4.16. The van der Waals surface area contributed by atoms with Crippen LogP contribution in [0.1, 0.15) is 32.3 Å². The van der Waals surface area contributed by atoms with Crippen LogP contribution in [0.2, 0.25) is 0 Å². The van der Waals surface area contributed by atoms with E-state index >= 15 is 0 Å². The van der Waals surface area contributed by atoms with Crippen LogP contribution in [0, 0.1) is 0 Å². The average molecular weight is 418 g/mol. The highest BCUT2D eigenvalue weighted by Crippen LogP contribution is 2.38. The Morgan fingerprint density at radius 1 is 1.17 bits per heavy atom. The molecule has 0 unspecified atom stereocenters. The van der Waals surface area contributed by atoms with E-state index in [0.717, 1.165) is 18.9 Å². The predicted molar refractivity (Wildman–Crippen MR) is 106 cm³/mol. The Morgan fingerprint density at radius 2 is 1.97 bits per heavy atom. The third kappa shape index (κ3) is 4.02. The maximum absolute atomic E-state index is 12.9. The molecule has 0 aliphatic carbocycles. The molecule has 3 aromatic rings. The van der Waals surface area contributed by atoms with Crippen LogP contribution in [0.4, 0.5) is 19.0 Å². The Morgan fingerprint density at radius 3 is 2.67 bits per heavy atom. The number of anilines is 1. The SMILES string of the molecule is CC1(C)C[C@H](Nc2nnc(-c3ccc(C(F)(F)F)cc3O)c3ccncc23)CCO1. The maximum atomic E-state index is 12.9. The Labute approximate surface area is 171 Å². The standard InChI is InChI=1S/C21H21F3N4O2/c1-20(2)10-13(6-8-30-20)26-19-16-11-25-7-5-14(16)18(27-28-19)15-4-3-12(9-17(15)29)21(22,23)24/h3-5,7,9,11,13,29H,6,8,10H2,1-2H3,(H,26,28)/t13-/m1/s1. The van der Waals surface area contributed by atoms with Crippen molar-refractivity contribution >= 4 is 16.6 Å². The second-order valence-electron chi connectivity index (χ2n) is 7.99. The van der Waals surface area contributed by atoms with Crippen LogP contribution < -0.4 is 5.32 Å². The Balaban J connectivity index is 1.73. The molecule has 2 aromatic heterocycles. The number of fused-ring (bicyclic) bond motifs is 1. The maximum Gasteiger partial charge on any atom is 0.416 e. The number of benzene rings is 1. The fourth-order valence-corrected chi connectivity index (χ4v) is 3.76. The number of ether oxygens (including phenoxy) is 1. The Kier molecular flexibility index (Phi) is 5.01. The highest BCUT2D eigenvalue weighted by Gasteiger charge is 2.32. The van der Waals surface area contributed by atoms with Crippen molar-refractivity contribution in [2.24, 2.45) is 0 Å². The first kappa shape index (κ1) is 20.3. The molecule has 3 heterocycles. The largest absolute Gasteiger partial charge is 0.507 e. The first-order valence-electron chi connectivity index (χ1n) is 9.55.